The first-order valence-electron chi connectivity index (χ1n) is 12.6. The highest BCUT2D eigenvalue weighted by Crippen LogP contribution is 2.34. The zero-order valence-electron chi connectivity index (χ0n) is 21.9. The Labute approximate surface area is 227 Å². The Morgan fingerprint density at radius 3 is 2.50 bits per heavy atom. The molecular formula is C29H24F2N8O. The molecule has 0 unspecified atom stereocenters. The average molecular weight is 539 g/mol. The predicted molar refractivity (Wildman–Crippen MR) is 148 cm³/mol. The number of hydrogen-bond donors (Lipinski definition) is 3. The monoisotopic (exact) mass is 538 g/mol. The molecule has 0 bridgehead atoms. The molecule has 1 aromatic carbocycles. The van der Waals surface area contributed by atoms with Gasteiger partial charge in [0.15, 0.2) is 11.6 Å². The Balaban J connectivity index is 1.40. The fraction of sp³-hybridized carbons (Fsp3) is 0.172. The molecule has 5 heterocycles. The summed E-state index contributed by atoms with van der Waals surface area (Å²) < 4.78 is 29.5. The van der Waals surface area contributed by atoms with Crippen molar-refractivity contribution in [1.82, 2.24) is 35.1 Å². The fourth-order valence-electron chi connectivity index (χ4n) is 4.54. The molecule has 0 saturated carbocycles. The third-order valence-electron chi connectivity index (χ3n) is 6.27. The lowest BCUT2D eigenvalue weighted by atomic mass is 9.92. The summed E-state index contributed by atoms with van der Waals surface area (Å²) in [6.07, 6.45) is 6.42. The molecule has 5 aromatic heterocycles. The third kappa shape index (κ3) is 4.77. The number of carbonyl (C=O) groups excluding carboxylic acids is 1. The van der Waals surface area contributed by atoms with Gasteiger partial charge >= 0.3 is 0 Å². The second-order valence-electron chi connectivity index (χ2n) is 10.7. The van der Waals surface area contributed by atoms with Gasteiger partial charge in [-0.1, -0.05) is 20.8 Å². The molecule has 11 heteroatoms. The highest BCUT2D eigenvalue weighted by molar-refractivity contribution is 5.97. The number of nitrogens with one attached hydrogen (secondary N) is 3. The van der Waals surface area contributed by atoms with Gasteiger partial charge in [0.1, 0.15) is 22.7 Å². The summed E-state index contributed by atoms with van der Waals surface area (Å²) in [4.78, 5) is 33.2. The van der Waals surface area contributed by atoms with Crippen LogP contribution in [0, 0.1) is 17.0 Å². The number of anilines is 1. The largest absolute Gasteiger partial charge is 0.336 e. The van der Waals surface area contributed by atoms with Crippen molar-refractivity contribution in [2.45, 2.75) is 27.2 Å². The SMILES string of the molecule is CC(C)(C)CC(=O)Nc1cncc(-c2ncc3[nH]nc(-c4nc5c(-c6ccc(F)cc6)nccc5[nH]4)c3c2F)c1. The average Bonchev–Trinajstić information content (AvgIpc) is 3.53. The van der Waals surface area contributed by atoms with Crippen LogP contribution in [-0.2, 0) is 4.79 Å². The van der Waals surface area contributed by atoms with Crippen LogP contribution >= 0.6 is 0 Å². The Hall–Kier alpha value is -5.06. The standard InChI is InChI=1S/C29H24F2N8O/c1-29(2,3)11-21(40)35-18-10-16(12-32-13-18)24-23(31)22-20(14-34-24)38-39-27(22)28-36-19-8-9-33-25(26(19)37-28)15-4-6-17(30)7-5-15/h4-10,12-14H,11H2,1-3H3,(H,35,40)(H,36,37)(H,38,39). The van der Waals surface area contributed by atoms with E-state index in [2.05, 4.69) is 40.4 Å². The van der Waals surface area contributed by atoms with E-state index in [1.807, 2.05) is 20.8 Å². The van der Waals surface area contributed by atoms with Gasteiger partial charge in [-0.05, 0) is 41.8 Å². The van der Waals surface area contributed by atoms with Crippen LogP contribution in [0.3, 0.4) is 0 Å². The van der Waals surface area contributed by atoms with E-state index in [1.54, 1.807) is 30.5 Å². The number of fused-ring (bicyclic) bond motifs is 2. The van der Waals surface area contributed by atoms with E-state index >= 15 is 4.39 Å². The van der Waals surface area contributed by atoms with E-state index in [9.17, 15) is 9.18 Å². The topological polar surface area (TPSA) is 125 Å². The fourth-order valence-corrected chi connectivity index (χ4v) is 4.54. The van der Waals surface area contributed by atoms with E-state index < -0.39 is 5.82 Å². The smallest absolute Gasteiger partial charge is 0.224 e. The first kappa shape index (κ1) is 25.2. The Bertz CT molecular complexity index is 1890. The molecule has 0 fully saturated rings. The van der Waals surface area contributed by atoms with Crippen LogP contribution in [0.1, 0.15) is 27.2 Å². The van der Waals surface area contributed by atoms with Gasteiger partial charge in [-0.25, -0.2) is 13.8 Å². The van der Waals surface area contributed by atoms with Crippen molar-refractivity contribution >= 4 is 33.5 Å². The number of amides is 1. The van der Waals surface area contributed by atoms with E-state index in [1.165, 1.54) is 30.7 Å². The van der Waals surface area contributed by atoms with Gasteiger partial charge in [0.05, 0.1) is 40.2 Å². The number of pyridine rings is 3. The highest BCUT2D eigenvalue weighted by Gasteiger charge is 2.22. The molecule has 0 aliphatic carbocycles. The molecular weight excluding hydrogens is 514 g/mol. The lowest BCUT2D eigenvalue weighted by Crippen LogP contribution is -2.19. The van der Waals surface area contributed by atoms with Gasteiger partial charge in [-0.15, -0.1) is 0 Å². The molecule has 6 aromatic rings. The van der Waals surface area contributed by atoms with Gasteiger partial charge < -0.3 is 10.3 Å². The maximum absolute atomic E-state index is 16.1. The van der Waals surface area contributed by atoms with E-state index in [0.717, 1.165) is 0 Å². The Morgan fingerprint density at radius 2 is 1.73 bits per heavy atom. The lowest BCUT2D eigenvalue weighted by Gasteiger charge is -2.17. The quantitative estimate of drug-likeness (QED) is 0.237. The molecule has 0 spiro atoms. The number of benzene rings is 1. The summed E-state index contributed by atoms with van der Waals surface area (Å²) in [7, 11) is 0. The summed E-state index contributed by atoms with van der Waals surface area (Å²) in [5, 5.41) is 10.2. The minimum absolute atomic E-state index is 0.0550. The van der Waals surface area contributed by atoms with Crippen molar-refractivity contribution in [2.75, 3.05) is 5.32 Å². The normalized spacial score (nSPS) is 11.8. The zero-order chi connectivity index (χ0) is 28.0. The maximum Gasteiger partial charge on any atom is 0.224 e. The van der Waals surface area contributed by atoms with Crippen molar-refractivity contribution in [2.24, 2.45) is 5.41 Å². The molecule has 0 saturated heterocycles. The van der Waals surface area contributed by atoms with Crippen molar-refractivity contribution in [3.8, 4) is 34.0 Å². The second kappa shape index (κ2) is 9.60. The van der Waals surface area contributed by atoms with Gasteiger partial charge in [0.2, 0.25) is 5.91 Å². The number of imidazole rings is 1. The van der Waals surface area contributed by atoms with Gasteiger partial charge in [-0.2, -0.15) is 5.10 Å². The third-order valence-corrected chi connectivity index (χ3v) is 6.27. The Morgan fingerprint density at radius 1 is 0.925 bits per heavy atom. The number of rotatable bonds is 5. The molecule has 0 atom stereocenters. The zero-order valence-corrected chi connectivity index (χ0v) is 21.9. The van der Waals surface area contributed by atoms with E-state index in [0.29, 0.717) is 51.3 Å². The molecule has 3 N–H and O–H groups in total. The number of carbonyl (C=O) groups is 1. The maximum atomic E-state index is 16.1. The summed E-state index contributed by atoms with van der Waals surface area (Å²) >= 11 is 0. The highest BCUT2D eigenvalue weighted by atomic mass is 19.1. The van der Waals surface area contributed by atoms with E-state index in [4.69, 9.17) is 0 Å². The van der Waals surface area contributed by atoms with Crippen molar-refractivity contribution in [3.05, 3.63) is 72.8 Å². The summed E-state index contributed by atoms with van der Waals surface area (Å²) in [6.45, 7) is 5.92. The minimum atomic E-state index is -0.612. The molecule has 9 nitrogen and oxygen atoms in total. The van der Waals surface area contributed by atoms with Gasteiger partial charge in [0.25, 0.3) is 0 Å². The van der Waals surface area contributed by atoms with Crippen LogP contribution in [-0.4, -0.2) is 41.0 Å². The second-order valence-corrected chi connectivity index (χ2v) is 10.7. The minimum Gasteiger partial charge on any atom is -0.336 e. The summed E-state index contributed by atoms with van der Waals surface area (Å²) in [6, 6.07) is 9.35. The predicted octanol–water partition coefficient (Wildman–Crippen LogP) is 6.28. The summed E-state index contributed by atoms with van der Waals surface area (Å²) in [5.74, 6) is -0.796. The lowest BCUT2D eigenvalue weighted by molar-refractivity contribution is -0.117. The van der Waals surface area contributed by atoms with Crippen LogP contribution < -0.4 is 5.32 Å². The summed E-state index contributed by atoms with van der Waals surface area (Å²) in [5.41, 5.74) is 3.81. The number of nitrogens with zero attached hydrogens (tertiary/aromatic N) is 5. The van der Waals surface area contributed by atoms with Gasteiger partial charge in [-0.3, -0.25) is 24.8 Å². The molecule has 0 radical (unpaired) electrons. The molecule has 0 aliphatic heterocycles. The Kier molecular flexibility index (Phi) is 6.05. The number of halogens is 2. The van der Waals surface area contributed by atoms with Crippen LogP contribution in [0.5, 0.6) is 0 Å². The molecule has 40 heavy (non-hydrogen) atoms. The molecule has 0 aliphatic rings. The number of hydrogen-bond acceptors (Lipinski definition) is 6. The first-order valence-corrected chi connectivity index (χ1v) is 12.6. The van der Waals surface area contributed by atoms with Crippen molar-refractivity contribution in [1.29, 1.82) is 0 Å². The molecule has 200 valence electrons. The van der Waals surface area contributed by atoms with Crippen LogP contribution in [0.25, 0.3) is 56.0 Å². The number of aromatic amines is 2. The van der Waals surface area contributed by atoms with Crippen molar-refractivity contribution < 1.29 is 13.6 Å². The first-order chi connectivity index (χ1) is 19.2. The van der Waals surface area contributed by atoms with Crippen LogP contribution in [0.2, 0.25) is 0 Å². The van der Waals surface area contributed by atoms with E-state index in [-0.39, 0.29) is 33.9 Å². The number of aromatic nitrogens is 7. The number of H-pyrrole nitrogens is 2. The molecule has 6 rings (SSSR count). The van der Waals surface area contributed by atoms with Crippen LogP contribution in [0.15, 0.2) is 61.2 Å². The molecule has 1 amide bonds. The van der Waals surface area contributed by atoms with Crippen LogP contribution in [0.4, 0.5) is 14.5 Å². The van der Waals surface area contributed by atoms with Gasteiger partial charge in [0, 0.05) is 29.9 Å². The van der Waals surface area contributed by atoms with Crippen molar-refractivity contribution in [3.63, 3.8) is 0 Å².